The van der Waals surface area contributed by atoms with E-state index in [2.05, 4.69) is 12.6 Å². The van der Waals surface area contributed by atoms with E-state index in [1.165, 1.54) is 0 Å². The van der Waals surface area contributed by atoms with Gasteiger partial charge in [-0.15, -0.1) is 12.6 Å². The molecule has 0 bridgehead atoms. The molecule has 0 aliphatic rings. The number of unbranched alkanes of at least 4 members (excludes halogenated alkanes) is 1. The maximum Gasteiger partial charge on any atom is 0.323 e. The Hall–Kier alpha value is -4.17. The Labute approximate surface area is 239 Å². The molecule has 0 fully saturated rings. The molecule has 1 aromatic heterocycles. The lowest BCUT2D eigenvalue weighted by atomic mass is 9.92. The molecule has 8 heteroatoms. The van der Waals surface area contributed by atoms with Crippen LogP contribution in [0.1, 0.15) is 48.8 Å². The van der Waals surface area contributed by atoms with E-state index in [4.69, 9.17) is 9.47 Å². The third kappa shape index (κ3) is 7.27. The van der Waals surface area contributed by atoms with E-state index in [1.807, 2.05) is 79.7 Å². The van der Waals surface area contributed by atoms with Crippen molar-refractivity contribution >= 4 is 47.6 Å². The molecule has 0 radical (unpaired) electrons. The van der Waals surface area contributed by atoms with Gasteiger partial charge in [0.1, 0.15) is 18.0 Å². The number of nitrogens with zero attached hydrogens (tertiary/aromatic N) is 1. The Bertz CT molecular complexity index is 1480. The molecule has 1 unspecified atom stereocenters. The minimum Gasteiger partial charge on any atom is -0.494 e. The van der Waals surface area contributed by atoms with E-state index in [0.29, 0.717) is 41.0 Å². The summed E-state index contributed by atoms with van der Waals surface area (Å²) in [6.07, 6.45) is 7.67. The molecule has 0 aliphatic carbocycles. The average Bonchev–Trinajstić information content (AvgIpc) is 3.26. The first-order valence-electron chi connectivity index (χ1n) is 13.3. The number of thiol groups is 1. The quantitative estimate of drug-likeness (QED) is 0.0874. The molecule has 7 nitrogen and oxygen atoms in total. The Morgan fingerprint density at radius 3 is 2.15 bits per heavy atom. The lowest BCUT2D eigenvalue weighted by Gasteiger charge is -2.14. The number of aromatic nitrogens is 1. The Balaban J connectivity index is 1.44. The number of carbonyl (C=O) groups is 2. The fraction of sp³-hybridized carbons (Fsp3) is 0.250. The van der Waals surface area contributed by atoms with E-state index in [9.17, 15) is 19.8 Å². The highest BCUT2D eigenvalue weighted by Gasteiger charge is 2.24. The largest absolute Gasteiger partial charge is 0.494 e. The van der Waals surface area contributed by atoms with E-state index >= 15 is 0 Å². The van der Waals surface area contributed by atoms with Crippen molar-refractivity contribution in [3.8, 4) is 11.5 Å². The summed E-state index contributed by atoms with van der Waals surface area (Å²) in [5, 5.41) is 19.9. The number of para-hydroxylation sites is 1. The molecule has 4 aromatic rings. The highest BCUT2D eigenvalue weighted by atomic mass is 32.1. The van der Waals surface area contributed by atoms with Crippen LogP contribution in [0.5, 0.6) is 11.5 Å². The van der Waals surface area contributed by atoms with E-state index in [1.54, 1.807) is 16.8 Å². The molecule has 208 valence electrons. The van der Waals surface area contributed by atoms with Gasteiger partial charge in [-0.3, -0.25) is 9.59 Å². The second kappa shape index (κ2) is 13.8. The van der Waals surface area contributed by atoms with E-state index < -0.39 is 17.9 Å². The van der Waals surface area contributed by atoms with E-state index in [0.717, 1.165) is 35.5 Å². The van der Waals surface area contributed by atoms with Crippen LogP contribution in [0.4, 0.5) is 0 Å². The first-order chi connectivity index (χ1) is 19.4. The monoisotopic (exact) mass is 559 g/mol. The highest BCUT2D eigenvalue weighted by Crippen LogP contribution is 2.36. The normalized spacial score (nSPS) is 12.1. The molecule has 0 saturated heterocycles. The van der Waals surface area contributed by atoms with Crippen molar-refractivity contribution in [3.63, 3.8) is 0 Å². The summed E-state index contributed by atoms with van der Waals surface area (Å²) < 4.78 is 13.2. The van der Waals surface area contributed by atoms with Gasteiger partial charge in [-0.05, 0) is 60.2 Å². The third-order valence-corrected chi connectivity index (χ3v) is 6.94. The molecule has 1 heterocycles. The lowest BCUT2D eigenvalue weighted by molar-refractivity contribution is -0.139. The number of ether oxygens (including phenoxy) is 2. The number of fused-ring (bicyclic) bond motifs is 1. The minimum atomic E-state index is -0.991. The number of carboxylic acids is 2. The second-order valence-corrected chi connectivity index (χ2v) is 9.90. The van der Waals surface area contributed by atoms with Gasteiger partial charge in [-0.2, -0.15) is 0 Å². The molecule has 1 atom stereocenters. The molecule has 40 heavy (non-hydrogen) atoms. The Morgan fingerprint density at radius 1 is 0.900 bits per heavy atom. The van der Waals surface area contributed by atoms with Crippen LogP contribution in [0.3, 0.4) is 0 Å². The van der Waals surface area contributed by atoms with Crippen LogP contribution in [-0.2, 0) is 16.1 Å². The van der Waals surface area contributed by atoms with Gasteiger partial charge in [-0.25, -0.2) is 0 Å². The van der Waals surface area contributed by atoms with Crippen molar-refractivity contribution in [2.45, 2.75) is 43.5 Å². The summed E-state index contributed by atoms with van der Waals surface area (Å²) in [6.45, 7) is 2.80. The van der Waals surface area contributed by atoms with Crippen molar-refractivity contribution in [2.24, 2.45) is 0 Å². The molecule has 4 rings (SSSR count). The van der Waals surface area contributed by atoms with Gasteiger partial charge in [0.25, 0.3) is 0 Å². The van der Waals surface area contributed by atoms with E-state index in [-0.39, 0.29) is 6.54 Å². The van der Waals surface area contributed by atoms with Gasteiger partial charge < -0.3 is 24.3 Å². The molecule has 0 aliphatic heterocycles. The number of hydrogen-bond acceptors (Lipinski definition) is 5. The minimum absolute atomic E-state index is 0.254. The van der Waals surface area contributed by atoms with Crippen LogP contribution >= 0.6 is 12.6 Å². The fourth-order valence-electron chi connectivity index (χ4n) is 4.66. The van der Waals surface area contributed by atoms with Gasteiger partial charge in [0.2, 0.25) is 0 Å². The summed E-state index contributed by atoms with van der Waals surface area (Å²) >= 11 is 4.57. The maximum absolute atomic E-state index is 11.9. The summed E-state index contributed by atoms with van der Waals surface area (Å²) in [5.74, 6) is -0.975. The maximum atomic E-state index is 11.9. The molecular formula is C32H33NO6S. The zero-order chi connectivity index (χ0) is 28.5. The first-order valence-corrected chi connectivity index (χ1v) is 13.7. The van der Waals surface area contributed by atoms with Crippen LogP contribution in [0.2, 0.25) is 0 Å². The van der Waals surface area contributed by atoms with Gasteiger partial charge >= 0.3 is 11.9 Å². The van der Waals surface area contributed by atoms with Crippen LogP contribution in [0.25, 0.3) is 23.1 Å². The number of rotatable bonds is 14. The van der Waals surface area contributed by atoms with Crippen molar-refractivity contribution in [1.29, 1.82) is 0 Å². The summed E-state index contributed by atoms with van der Waals surface area (Å²) in [6, 6.07) is 21.1. The number of aliphatic carboxylic acids is 2. The topological polar surface area (TPSA) is 98.0 Å². The second-order valence-electron chi connectivity index (χ2n) is 9.42. The third-order valence-electron chi connectivity index (χ3n) is 6.60. The lowest BCUT2D eigenvalue weighted by Crippen LogP contribution is -2.12. The molecule has 0 amide bonds. The molecule has 2 N–H and O–H groups in total. The number of carboxylic acid groups (broad SMARTS) is 2. The van der Waals surface area contributed by atoms with Gasteiger partial charge in [0.05, 0.1) is 24.6 Å². The zero-order valence-corrected chi connectivity index (χ0v) is 23.2. The Morgan fingerprint density at radius 2 is 1.55 bits per heavy atom. The number of hydrogen-bond donors (Lipinski definition) is 3. The van der Waals surface area contributed by atoms with Crippen LogP contribution < -0.4 is 9.47 Å². The molecule has 3 aromatic carbocycles. The molecule has 0 saturated carbocycles. The standard InChI is InChI=1S/C32H33NO6S/c1-2-26(32(36)37)27-17-14-23(31-30(27)28(40)20-33(31)21-29(34)35)13-10-22-11-15-25(16-12-22)39-19-7-6-18-38-24-8-4-3-5-9-24/h3-5,8-17,20,26,40H,2,6-7,18-19,21H2,1H3,(H,34,35)(H,36,37)/b13-10+. The predicted octanol–water partition coefficient (Wildman–Crippen LogP) is 7.00. The van der Waals surface area contributed by atoms with Crippen molar-refractivity contribution < 1.29 is 29.3 Å². The Kier molecular flexibility index (Phi) is 9.91. The van der Waals surface area contributed by atoms with Crippen molar-refractivity contribution in [2.75, 3.05) is 13.2 Å². The van der Waals surface area contributed by atoms with Crippen LogP contribution in [0, 0.1) is 0 Å². The van der Waals surface area contributed by atoms with Gasteiger partial charge in [0.15, 0.2) is 0 Å². The smallest absolute Gasteiger partial charge is 0.323 e. The first kappa shape index (κ1) is 28.8. The summed E-state index contributed by atoms with van der Waals surface area (Å²) in [7, 11) is 0. The van der Waals surface area contributed by atoms with Crippen LogP contribution in [0.15, 0.2) is 77.8 Å². The van der Waals surface area contributed by atoms with Crippen molar-refractivity contribution in [1.82, 2.24) is 4.57 Å². The zero-order valence-electron chi connectivity index (χ0n) is 22.3. The summed E-state index contributed by atoms with van der Waals surface area (Å²) in [4.78, 5) is 24.0. The number of benzene rings is 3. The SMILES string of the molecule is CCC(C(=O)O)c1ccc(/C=C/c2ccc(OCCCCOc3ccccc3)cc2)c2c1c(S)cn2CC(=O)O. The summed E-state index contributed by atoms with van der Waals surface area (Å²) in [5.41, 5.74) is 3.00. The predicted molar refractivity (Wildman–Crippen MR) is 160 cm³/mol. The molecule has 0 spiro atoms. The highest BCUT2D eigenvalue weighted by molar-refractivity contribution is 7.80. The fourth-order valence-corrected chi connectivity index (χ4v) is 5.04. The van der Waals surface area contributed by atoms with Gasteiger partial charge in [-0.1, -0.05) is 61.5 Å². The van der Waals surface area contributed by atoms with Crippen molar-refractivity contribution in [3.05, 3.63) is 89.6 Å². The average molecular weight is 560 g/mol. The van der Waals surface area contributed by atoms with Gasteiger partial charge in [0, 0.05) is 16.5 Å². The molecular weight excluding hydrogens is 526 g/mol. The van der Waals surface area contributed by atoms with Crippen LogP contribution in [-0.4, -0.2) is 39.9 Å².